The first-order valence-corrected chi connectivity index (χ1v) is 9.59. The summed E-state index contributed by atoms with van der Waals surface area (Å²) in [7, 11) is 0. The van der Waals surface area contributed by atoms with Gasteiger partial charge in [-0.1, -0.05) is 18.2 Å². The molecule has 144 valence electrons. The molecule has 2 aromatic heterocycles. The van der Waals surface area contributed by atoms with Gasteiger partial charge in [-0.3, -0.25) is 0 Å². The molecule has 0 saturated carbocycles. The molecule has 0 aliphatic carbocycles. The van der Waals surface area contributed by atoms with Crippen LogP contribution in [0.2, 0.25) is 0 Å². The lowest BCUT2D eigenvalue weighted by atomic mass is 10.1. The maximum absolute atomic E-state index is 13.1. The summed E-state index contributed by atoms with van der Waals surface area (Å²) in [6.07, 6.45) is 2.57. The second kappa shape index (κ2) is 7.92. The van der Waals surface area contributed by atoms with E-state index >= 15 is 0 Å². The molecule has 0 N–H and O–H groups in total. The molecule has 0 bridgehead atoms. The van der Waals surface area contributed by atoms with Crippen molar-refractivity contribution in [3.05, 3.63) is 76.9 Å². The maximum Gasteiger partial charge on any atom is 0.154 e. The van der Waals surface area contributed by atoms with Crippen molar-refractivity contribution in [2.24, 2.45) is 0 Å². The molecule has 1 fully saturated rings. The van der Waals surface area contributed by atoms with Gasteiger partial charge in [0, 0.05) is 38.8 Å². The fraction of sp³-hybridized carbons (Fsp3) is 0.318. The molecule has 3 heterocycles. The molecule has 4 rings (SSSR count). The first-order valence-electron chi connectivity index (χ1n) is 9.59. The van der Waals surface area contributed by atoms with E-state index in [4.69, 9.17) is 0 Å². The predicted octanol–water partition coefficient (Wildman–Crippen LogP) is 3.54. The molecular formula is C22H24FN5. The highest BCUT2D eigenvalue weighted by Crippen LogP contribution is 2.21. The van der Waals surface area contributed by atoms with E-state index < -0.39 is 0 Å². The lowest BCUT2D eigenvalue weighted by Gasteiger charge is -2.36. The Morgan fingerprint density at radius 1 is 0.893 bits per heavy atom. The van der Waals surface area contributed by atoms with Gasteiger partial charge in [-0.05, 0) is 54.8 Å². The van der Waals surface area contributed by atoms with Crippen LogP contribution in [0.25, 0.3) is 0 Å². The Hall–Kier alpha value is -3.02. The molecule has 5 nitrogen and oxygen atoms in total. The van der Waals surface area contributed by atoms with Gasteiger partial charge >= 0.3 is 0 Å². The van der Waals surface area contributed by atoms with Gasteiger partial charge < -0.3 is 9.80 Å². The fourth-order valence-electron chi connectivity index (χ4n) is 3.54. The number of nitrogens with zero attached hydrogens (tertiary/aromatic N) is 5. The highest BCUT2D eigenvalue weighted by atomic mass is 19.1. The number of rotatable bonds is 4. The zero-order valence-electron chi connectivity index (χ0n) is 16.3. The molecule has 6 heteroatoms. The first-order chi connectivity index (χ1) is 13.6. The molecule has 1 saturated heterocycles. The second-order valence-corrected chi connectivity index (χ2v) is 7.31. The van der Waals surface area contributed by atoms with Crippen molar-refractivity contribution < 1.29 is 4.39 Å². The first kappa shape index (κ1) is 18.3. The van der Waals surface area contributed by atoms with Crippen LogP contribution in [0.3, 0.4) is 0 Å². The Kier molecular flexibility index (Phi) is 5.19. The van der Waals surface area contributed by atoms with Gasteiger partial charge in [-0.2, -0.15) is 5.10 Å². The monoisotopic (exact) mass is 377 g/mol. The van der Waals surface area contributed by atoms with Crippen molar-refractivity contribution in [2.75, 3.05) is 36.0 Å². The second-order valence-electron chi connectivity index (χ2n) is 7.31. The quantitative estimate of drug-likeness (QED) is 0.696. The van der Waals surface area contributed by atoms with Crippen molar-refractivity contribution in [1.29, 1.82) is 0 Å². The normalized spacial score (nSPS) is 14.4. The number of piperazine rings is 1. The van der Waals surface area contributed by atoms with Crippen LogP contribution < -0.4 is 9.80 Å². The van der Waals surface area contributed by atoms with E-state index in [2.05, 4.69) is 57.0 Å². The molecule has 0 atom stereocenters. The maximum atomic E-state index is 13.1. The van der Waals surface area contributed by atoms with Crippen LogP contribution in [0.4, 0.5) is 16.0 Å². The molecule has 0 amide bonds. The highest BCUT2D eigenvalue weighted by molar-refractivity contribution is 5.49. The molecule has 0 spiro atoms. The number of hydrogen-bond acceptors (Lipinski definition) is 5. The minimum absolute atomic E-state index is 0.221. The number of aromatic nitrogens is 3. The number of hydrogen-bond donors (Lipinski definition) is 0. The zero-order valence-corrected chi connectivity index (χ0v) is 16.3. The lowest BCUT2D eigenvalue weighted by Crippen LogP contribution is -2.47. The summed E-state index contributed by atoms with van der Waals surface area (Å²) in [5.74, 6) is 1.75. The number of halogens is 1. The standard InChI is InChI=1S/C22H24FN5/c1-16-3-8-21(24-15-16)27-9-11-28(12-10-27)22-17(2)13-20(25-26-22)14-18-4-6-19(23)7-5-18/h3-8,13,15H,9-12,14H2,1-2H3. The molecule has 1 aliphatic rings. The summed E-state index contributed by atoms with van der Waals surface area (Å²) < 4.78 is 13.1. The van der Waals surface area contributed by atoms with Gasteiger partial charge in [0.25, 0.3) is 0 Å². The molecule has 0 unspecified atom stereocenters. The lowest BCUT2D eigenvalue weighted by molar-refractivity contribution is 0.627. The van der Waals surface area contributed by atoms with Crippen molar-refractivity contribution in [3.8, 4) is 0 Å². The van der Waals surface area contributed by atoms with Gasteiger partial charge in [-0.15, -0.1) is 5.10 Å². The summed E-state index contributed by atoms with van der Waals surface area (Å²) >= 11 is 0. The number of benzene rings is 1. The van der Waals surface area contributed by atoms with Gasteiger partial charge in [0.15, 0.2) is 5.82 Å². The predicted molar refractivity (Wildman–Crippen MR) is 109 cm³/mol. The molecule has 1 aromatic carbocycles. The van der Waals surface area contributed by atoms with Gasteiger partial charge in [0.05, 0.1) is 5.69 Å². The van der Waals surface area contributed by atoms with Crippen LogP contribution in [-0.2, 0) is 6.42 Å². The Morgan fingerprint density at radius 2 is 1.61 bits per heavy atom. The van der Waals surface area contributed by atoms with Crippen LogP contribution in [0.1, 0.15) is 22.4 Å². The van der Waals surface area contributed by atoms with E-state index in [0.29, 0.717) is 6.42 Å². The van der Waals surface area contributed by atoms with Crippen LogP contribution in [0.15, 0.2) is 48.7 Å². The molecule has 0 radical (unpaired) electrons. The molecule has 3 aromatic rings. The topological polar surface area (TPSA) is 45.2 Å². The van der Waals surface area contributed by atoms with E-state index in [1.807, 2.05) is 6.20 Å². The summed E-state index contributed by atoms with van der Waals surface area (Å²) in [6.45, 7) is 7.73. The third kappa shape index (κ3) is 4.11. The van der Waals surface area contributed by atoms with Crippen LogP contribution in [0.5, 0.6) is 0 Å². The third-order valence-corrected chi connectivity index (χ3v) is 5.11. The van der Waals surface area contributed by atoms with E-state index in [1.54, 1.807) is 12.1 Å². The van der Waals surface area contributed by atoms with Crippen LogP contribution >= 0.6 is 0 Å². The van der Waals surface area contributed by atoms with Crippen molar-refractivity contribution in [3.63, 3.8) is 0 Å². The average molecular weight is 377 g/mol. The van der Waals surface area contributed by atoms with Crippen molar-refractivity contribution in [2.45, 2.75) is 20.3 Å². The average Bonchev–Trinajstić information content (AvgIpc) is 2.71. The largest absolute Gasteiger partial charge is 0.353 e. The van der Waals surface area contributed by atoms with E-state index in [1.165, 1.54) is 17.7 Å². The highest BCUT2D eigenvalue weighted by Gasteiger charge is 2.21. The van der Waals surface area contributed by atoms with Crippen molar-refractivity contribution >= 4 is 11.6 Å². The smallest absolute Gasteiger partial charge is 0.154 e. The Bertz CT molecular complexity index is 932. The number of pyridine rings is 1. The summed E-state index contributed by atoms with van der Waals surface area (Å²) in [5.41, 5.74) is 4.22. The van der Waals surface area contributed by atoms with E-state index in [0.717, 1.165) is 54.6 Å². The van der Waals surface area contributed by atoms with E-state index in [9.17, 15) is 4.39 Å². The van der Waals surface area contributed by atoms with Gasteiger partial charge in [0.1, 0.15) is 11.6 Å². The zero-order chi connectivity index (χ0) is 19.5. The van der Waals surface area contributed by atoms with Crippen LogP contribution in [0, 0.1) is 19.7 Å². The summed E-state index contributed by atoms with van der Waals surface area (Å²) in [4.78, 5) is 9.12. The SMILES string of the molecule is Cc1ccc(N2CCN(c3nnc(Cc4ccc(F)cc4)cc3C)CC2)nc1. The number of anilines is 2. The van der Waals surface area contributed by atoms with Crippen LogP contribution in [-0.4, -0.2) is 41.4 Å². The Morgan fingerprint density at radius 3 is 2.25 bits per heavy atom. The summed E-state index contributed by atoms with van der Waals surface area (Å²) in [5, 5.41) is 8.90. The fourth-order valence-corrected chi connectivity index (χ4v) is 3.54. The number of aryl methyl sites for hydroxylation is 2. The summed E-state index contributed by atoms with van der Waals surface area (Å²) in [6, 6.07) is 12.8. The minimum atomic E-state index is -0.221. The Balaban J connectivity index is 1.41. The van der Waals surface area contributed by atoms with E-state index in [-0.39, 0.29) is 5.82 Å². The molecule has 28 heavy (non-hydrogen) atoms. The molecular weight excluding hydrogens is 353 g/mol. The molecule has 1 aliphatic heterocycles. The Labute approximate surface area is 164 Å². The van der Waals surface area contributed by atoms with Gasteiger partial charge in [-0.25, -0.2) is 9.37 Å². The minimum Gasteiger partial charge on any atom is -0.353 e. The van der Waals surface area contributed by atoms with Gasteiger partial charge in [0.2, 0.25) is 0 Å². The van der Waals surface area contributed by atoms with Crippen molar-refractivity contribution in [1.82, 2.24) is 15.2 Å². The third-order valence-electron chi connectivity index (χ3n) is 5.11.